The number of carbonyl (C=O) groups is 1. The Labute approximate surface area is 226 Å². The van der Waals surface area contributed by atoms with Crippen molar-refractivity contribution in [2.45, 2.75) is 128 Å². The summed E-state index contributed by atoms with van der Waals surface area (Å²) in [5.74, 6) is -1.79. The largest absolute Gasteiger partial charge is 0.460 e. The van der Waals surface area contributed by atoms with E-state index in [0.29, 0.717) is 11.8 Å². The Bertz CT molecular complexity index is 993. The number of hydrogen-bond donors (Lipinski definition) is 1. The van der Waals surface area contributed by atoms with Gasteiger partial charge in [-0.05, 0) is 57.9 Å². The summed E-state index contributed by atoms with van der Waals surface area (Å²) in [5, 5.41) is 12.5. The van der Waals surface area contributed by atoms with Gasteiger partial charge >= 0.3 is 5.97 Å². The van der Waals surface area contributed by atoms with Crippen molar-refractivity contribution < 1.29 is 38.3 Å². The maximum Gasteiger partial charge on any atom is 0.344 e. The monoisotopic (exact) mass is 532 g/mol. The van der Waals surface area contributed by atoms with Crippen LogP contribution in [0.5, 0.6) is 0 Å². The number of aliphatic hydroxyl groups is 1. The van der Waals surface area contributed by atoms with Crippen LogP contribution in [0.25, 0.3) is 0 Å². The zero-order valence-corrected chi connectivity index (χ0v) is 23.7. The number of benzene rings is 1. The molecule has 38 heavy (non-hydrogen) atoms. The molecule has 2 aliphatic carbocycles. The van der Waals surface area contributed by atoms with Crippen molar-refractivity contribution in [1.82, 2.24) is 0 Å². The van der Waals surface area contributed by atoms with Crippen LogP contribution in [0, 0.1) is 17.8 Å². The van der Waals surface area contributed by atoms with Crippen LogP contribution >= 0.6 is 0 Å². The highest BCUT2D eigenvalue weighted by molar-refractivity contribution is 5.82. The molecular weight excluding hydrogens is 488 g/mol. The molecule has 1 aromatic carbocycles. The van der Waals surface area contributed by atoms with Crippen LogP contribution in [-0.2, 0) is 39.8 Å². The van der Waals surface area contributed by atoms with Gasteiger partial charge in [0, 0.05) is 5.92 Å². The van der Waals surface area contributed by atoms with Gasteiger partial charge in [-0.3, -0.25) is 0 Å². The number of esters is 1. The van der Waals surface area contributed by atoms with Crippen LogP contribution in [0.15, 0.2) is 30.3 Å². The van der Waals surface area contributed by atoms with Gasteiger partial charge in [0.2, 0.25) is 5.60 Å². The normalized spacial score (nSPS) is 41.5. The van der Waals surface area contributed by atoms with Gasteiger partial charge < -0.3 is 33.5 Å². The van der Waals surface area contributed by atoms with Crippen LogP contribution in [0.2, 0.25) is 0 Å². The fourth-order valence-electron chi connectivity index (χ4n) is 7.15. The van der Waals surface area contributed by atoms with Crippen molar-refractivity contribution in [2.24, 2.45) is 17.8 Å². The molecule has 8 nitrogen and oxygen atoms in total. The Kier molecular flexibility index (Phi) is 7.46. The molecule has 5 rings (SSSR count). The van der Waals surface area contributed by atoms with Crippen molar-refractivity contribution in [3.63, 3.8) is 0 Å². The SMILES string of the molecule is CC(C)C1C(C)CCCC1OC(=O)[C@@]1(O)[C@@H]2OC(C)(C)O[C@@H]2[C@H]2OC(C)(C)O[C@@H]2[C@H]1OCc1ccccc1. The summed E-state index contributed by atoms with van der Waals surface area (Å²) in [6.07, 6.45) is -1.71. The summed E-state index contributed by atoms with van der Waals surface area (Å²) >= 11 is 0. The smallest absolute Gasteiger partial charge is 0.344 e. The molecule has 4 fully saturated rings. The van der Waals surface area contributed by atoms with Crippen LogP contribution < -0.4 is 0 Å². The molecule has 0 amide bonds. The highest BCUT2D eigenvalue weighted by atomic mass is 16.8. The quantitative estimate of drug-likeness (QED) is 0.541. The molecule has 0 bridgehead atoms. The van der Waals surface area contributed by atoms with Crippen LogP contribution in [0.1, 0.15) is 73.3 Å². The predicted molar refractivity (Wildman–Crippen MR) is 139 cm³/mol. The molecule has 2 saturated heterocycles. The van der Waals surface area contributed by atoms with E-state index in [-0.39, 0.29) is 18.6 Å². The second kappa shape index (κ2) is 10.1. The standard InChI is InChI=1S/C30H44O8/c1-17(2)21-18(3)12-11-15-20(21)34-27(31)30(32)25(33-16-19-13-9-8-10-14-19)23-22(35-28(4,5)36-23)24-26(30)38-29(6,7)37-24/h8-10,13-14,17-18,20-26,32H,11-12,15-16H2,1-7H3/t18?,20?,21?,22-,23-,24+,25+,26+,30-/m0/s1. The minimum absolute atomic E-state index is 0.171. The Morgan fingerprint density at radius 1 is 0.974 bits per heavy atom. The molecule has 2 heterocycles. The molecule has 212 valence electrons. The summed E-state index contributed by atoms with van der Waals surface area (Å²) < 4.78 is 37.6. The van der Waals surface area contributed by atoms with Gasteiger partial charge in [-0.1, -0.05) is 57.5 Å². The zero-order chi connectivity index (χ0) is 27.5. The van der Waals surface area contributed by atoms with Gasteiger partial charge in [-0.25, -0.2) is 4.79 Å². The lowest BCUT2D eigenvalue weighted by molar-refractivity contribution is -0.254. The van der Waals surface area contributed by atoms with Crippen molar-refractivity contribution in [3.05, 3.63) is 35.9 Å². The summed E-state index contributed by atoms with van der Waals surface area (Å²) in [6, 6.07) is 9.64. The van der Waals surface area contributed by atoms with E-state index in [4.69, 9.17) is 28.4 Å². The molecule has 0 radical (unpaired) electrons. The van der Waals surface area contributed by atoms with E-state index >= 15 is 0 Å². The minimum Gasteiger partial charge on any atom is -0.460 e. The van der Waals surface area contributed by atoms with Crippen LogP contribution in [0.3, 0.4) is 0 Å². The summed E-state index contributed by atoms with van der Waals surface area (Å²) in [4.78, 5) is 14.2. The molecule has 8 heteroatoms. The number of carbonyl (C=O) groups excluding carboxylic acids is 1. The Hall–Kier alpha value is -1.55. The van der Waals surface area contributed by atoms with E-state index in [0.717, 1.165) is 24.8 Å². The third-order valence-electron chi connectivity index (χ3n) is 8.64. The Balaban J connectivity index is 1.51. The Morgan fingerprint density at radius 3 is 2.29 bits per heavy atom. The lowest BCUT2D eigenvalue weighted by atomic mass is 9.72. The van der Waals surface area contributed by atoms with Crippen molar-refractivity contribution in [2.75, 3.05) is 0 Å². The fraction of sp³-hybridized carbons (Fsp3) is 0.767. The number of hydrogen-bond acceptors (Lipinski definition) is 8. The molecule has 0 spiro atoms. The van der Waals surface area contributed by atoms with Crippen LogP contribution in [-0.4, -0.2) is 64.9 Å². The van der Waals surface area contributed by atoms with Crippen LogP contribution in [0.4, 0.5) is 0 Å². The Morgan fingerprint density at radius 2 is 1.61 bits per heavy atom. The number of fused-ring (bicyclic) bond motifs is 3. The van der Waals surface area contributed by atoms with Crippen molar-refractivity contribution in [1.29, 1.82) is 0 Å². The first-order chi connectivity index (χ1) is 17.8. The molecule has 2 aliphatic heterocycles. The third-order valence-corrected chi connectivity index (χ3v) is 8.64. The van der Waals surface area contributed by atoms with E-state index in [1.807, 2.05) is 44.2 Å². The average Bonchev–Trinajstić information content (AvgIpc) is 3.34. The molecule has 0 aromatic heterocycles. The highest BCUT2D eigenvalue weighted by Gasteiger charge is 2.73. The average molecular weight is 533 g/mol. The van der Waals surface area contributed by atoms with E-state index in [9.17, 15) is 9.90 Å². The van der Waals surface area contributed by atoms with Gasteiger partial charge in [0.25, 0.3) is 0 Å². The first-order valence-corrected chi connectivity index (χ1v) is 14.1. The van der Waals surface area contributed by atoms with Gasteiger partial charge in [0.1, 0.15) is 36.6 Å². The minimum atomic E-state index is -2.17. The molecule has 9 atom stereocenters. The summed E-state index contributed by atoms with van der Waals surface area (Å²) in [6.45, 7) is 13.9. The summed E-state index contributed by atoms with van der Waals surface area (Å²) in [7, 11) is 0. The van der Waals surface area contributed by atoms with E-state index in [1.165, 1.54) is 0 Å². The highest BCUT2D eigenvalue weighted by Crippen LogP contribution is 2.50. The van der Waals surface area contributed by atoms with E-state index < -0.39 is 53.7 Å². The second-order valence-electron chi connectivity index (χ2n) is 12.8. The lowest BCUT2D eigenvalue weighted by Gasteiger charge is -2.48. The van der Waals surface area contributed by atoms with Crippen molar-refractivity contribution >= 4 is 5.97 Å². The van der Waals surface area contributed by atoms with Gasteiger partial charge in [-0.15, -0.1) is 0 Å². The first kappa shape index (κ1) is 28.0. The topological polar surface area (TPSA) is 92.7 Å². The van der Waals surface area contributed by atoms with E-state index in [1.54, 1.807) is 13.8 Å². The molecular formula is C30H44O8. The molecule has 2 saturated carbocycles. The van der Waals surface area contributed by atoms with E-state index in [2.05, 4.69) is 20.8 Å². The lowest BCUT2D eigenvalue weighted by Crippen LogP contribution is -2.73. The first-order valence-electron chi connectivity index (χ1n) is 14.1. The fourth-order valence-corrected chi connectivity index (χ4v) is 7.15. The number of ether oxygens (including phenoxy) is 6. The maximum absolute atomic E-state index is 14.2. The third kappa shape index (κ3) is 5.04. The van der Waals surface area contributed by atoms with Crippen molar-refractivity contribution in [3.8, 4) is 0 Å². The van der Waals surface area contributed by atoms with Gasteiger partial charge in [0.05, 0.1) is 6.61 Å². The number of rotatable bonds is 6. The molecule has 1 aromatic rings. The van der Waals surface area contributed by atoms with Gasteiger partial charge in [-0.2, -0.15) is 0 Å². The maximum atomic E-state index is 14.2. The second-order valence-corrected chi connectivity index (χ2v) is 12.8. The molecule has 1 N–H and O–H groups in total. The molecule has 3 unspecified atom stereocenters. The predicted octanol–water partition coefficient (Wildman–Crippen LogP) is 4.36. The zero-order valence-electron chi connectivity index (χ0n) is 23.7. The molecule has 4 aliphatic rings. The summed E-state index contributed by atoms with van der Waals surface area (Å²) in [5.41, 5.74) is -1.26. The van der Waals surface area contributed by atoms with Gasteiger partial charge in [0.15, 0.2) is 11.6 Å².